The number of hydrogen-bond acceptors (Lipinski definition) is 4. The summed E-state index contributed by atoms with van der Waals surface area (Å²) in [5.74, 6) is 0. The van der Waals surface area contributed by atoms with Crippen molar-refractivity contribution in [2.45, 2.75) is 12.4 Å². The third-order valence-electron chi connectivity index (χ3n) is 2.94. The Hall–Kier alpha value is -2.13. The van der Waals surface area contributed by atoms with Gasteiger partial charge in [-0.25, -0.2) is 8.42 Å². The van der Waals surface area contributed by atoms with Crippen LogP contribution in [-0.4, -0.2) is 32.6 Å². The van der Waals surface area contributed by atoms with E-state index in [-0.39, 0.29) is 0 Å². The second-order valence-electron chi connectivity index (χ2n) is 5.09. The molecule has 0 aliphatic heterocycles. The second-order valence-corrected chi connectivity index (χ2v) is 6.46. The molecule has 9 heteroatoms. The van der Waals surface area contributed by atoms with Crippen molar-refractivity contribution in [3.05, 3.63) is 54.4 Å². The van der Waals surface area contributed by atoms with Gasteiger partial charge in [0.05, 0.1) is 0 Å². The Morgan fingerprint density at radius 1 is 1.00 bits per heavy atom. The largest absolute Gasteiger partial charge is 0.741 e. The van der Waals surface area contributed by atoms with Gasteiger partial charge in [0.2, 0.25) is 5.69 Å². The Morgan fingerprint density at radius 3 is 1.75 bits per heavy atom. The van der Waals surface area contributed by atoms with Gasteiger partial charge in [-0.2, -0.15) is 17.7 Å². The smallest absolute Gasteiger partial charge is 0.485 e. The fourth-order valence-electron chi connectivity index (χ4n) is 1.61. The molecule has 0 atom stereocenters. The van der Waals surface area contributed by atoms with Crippen LogP contribution in [0.5, 0.6) is 0 Å². The fourth-order valence-corrected chi connectivity index (χ4v) is 1.61. The number of aryl methyl sites for hydroxylation is 1. The van der Waals surface area contributed by atoms with E-state index in [1.54, 1.807) is 0 Å². The van der Waals surface area contributed by atoms with Gasteiger partial charge in [-0.15, -0.1) is 0 Å². The SMILES string of the molecule is Cc1ccc(-[n+]2ccc(N(C)C)cc2)cc1.O=S(=O)([O-])C(F)(F)F. The number of halogens is 3. The lowest BCUT2D eigenvalue weighted by atomic mass is 10.2. The number of alkyl halides is 3. The number of nitrogens with zero attached hydrogens (tertiary/aromatic N) is 2. The fraction of sp³-hybridized carbons (Fsp3) is 0.267. The summed E-state index contributed by atoms with van der Waals surface area (Å²) in [4.78, 5) is 2.10. The van der Waals surface area contributed by atoms with Gasteiger partial charge in [-0.1, -0.05) is 17.7 Å². The Bertz CT molecular complexity index is 756. The summed E-state index contributed by atoms with van der Waals surface area (Å²) in [6.07, 6.45) is 4.17. The third-order valence-corrected chi connectivity index (χ3v) is 3.51. The van der Waals surface area contributed by atoms with E-state index in [4.69, 9.17) is 13.0 Å². The number of aromatic nitrogens is 1. The van der Waals surface area contributed by atoms with E-state index >= 15 is 0 Å². The second kappa shape index (κ2) is 7.63. The predicted octanol–water partition coefficient (Wildman–Crippen LogP) is 2.39. The van der Waals surface area contributed by atoms with Crippen molar-refractivity contribution in [1.29, 1.82) is 0 Å². The Kier molecular flexibility index (Phi) is 6.33. The summed E-state index contributed by atoms with van der Waals surface area (Å²) in [6, 6.07) is 12.7. The molecule has 1 aromatic carbocycles. The highest BCUT2D eigenvalue weighted by molar-refractivity contribution is 7.86. The number of benzene rings is 1. The van der Waals surface area contributed by atoms with Crippen LogP contribution in [0.1, 0.15) is 5.56 Å². The normalized spacial score (nSPS) is 11.5. The zero-order valence-corrected chi connectivity index (χ0v) is 14.1. The molecule has 2 rings (SSSR count). The molecular formula is C15H17F3N2O3S. The first-order valence-electron chi connectivity index (χ1n) is 6.69. The molecule has 1 heterocycles. The summed E-state index contributed by atoms with van der Waals surface area (Å²) >= 11 is 0. The maximum absolute atomic E-state index is 10.7. The van der Waals surface area contributed by atoms with Crippen molar-refractivity contribution in [2.75, 3.05) is 19.0 Å². The molecule has 0 aliphatic rings. The zero-order chi connectivity index (χ0) is 18.5. The molecule has 1 aromatic heterocycles. The monoisotopic (exact) mass is 362 g/mol. The highest BCUT2D eigenvalue weighted by Crippen LogP contribution is 2.20. The van der Waals surface area contributed by atoms with Crippen LogP contribution in [0.25, 0.3) is 5.69 Å². The highest BCUT2D eigenvalue weighted by Gasteiger charge is 2.36. The summed E-state index contributed by atoms with van der Waals surface area (Å²) in [5, 5.41) is 0. The van der Waals surface area contributed by atoms with Gasteiger partial charge in [-0.3, -0.25) is 0 Å². The standard InChI is InChI=1S/C14H17N2.CHF3O3S/c1-12-4-6-14(7-5-12)16-10-8-13(9-11-16)15(2)3;2-1(3,4)8(5,6)7/h4-11H,1-3H3;(H,5,6,7)/q+1;/p-1. The van der Waals surface area contributed by atoms with E-state index < -0.39 is 15.6 Å². The predicted molar refractivity (Wildman–Crippen MR) is 82.8 cm³/mol. The van der Waals surface area contributed by atoms with E-state index in [2.05, 4.69) is 65.2 Å². The van der Waals surface area contributed by atoms with E-state index in [1.807, 2.05) is 14.1 Å². The van der Waals surface area contributed by atoms with Crippen molar-refractivity contribution in [1.82, 2.24) is 0 Å². The van der Waals surface area contributed by atoms with Gasteiger partial charge in [0, 0.05) is 44.0 Å². The summed E-state index contributed by atoms with van der Waals surface area (Å²) in [5.41, 5.74) is -1.96. The van der Waals surface area contributed by atoms with Gasteiger partial charge < -0.3 is 9.45 Å². The Balaban J connectivity index is 0.000000307. The Morgan fingerprint density at radius 2 is 1.42 bits per heavy atom. The van der Waals surface area contributed by atoms with E-state index in [9.17, 15) is 13.2 Å². The lowest BCUT2D eigenvalue weighted by Crippen LogP contribution is -2.29. The number of rotatable bonds is 2. The van der Waals surface area contributed by atoms with E-state index in [0.29, 0.717) is 0 Å². The van der Waals surface area contributed by atoms with E-state index in [1.165, 1.54) is 16.9 Å². The summed E-state index contributed by atoms with van der Waals surface area (Å²) in [6.45, 7) is 2.10. The molecule has 0 unspecified atom stereocenters. The average molecular weight is 362 g/mol. The average Bonchev–Trinajstić information content (AvgIpc) is 2.47. The molecule has 132 valence electrons. The number of hydrogen-bond donors (Lipinski definition) is 0. The quantitative estimate of drug-likeness (QED) is 0.467. The highest BCUT2D eigenvalue weighted by atomic mass is 32.2. The van der Waals surface area contributed by atoms with Crippen molar-refractivity contribution >= 4 is 15.8 Å². The lowest BCUT2D eigenvalue weighted by molar-refractivity contribution is -0.595. The maximum Gasteiger partial charge on any atom is 0.485 e. The van der Waals surface area contributed by atoms with Gasteiger partial charge >= 0.3 is 5.51 Å². The van der Waals surface area contributed by atoms with Gasteiger partial charge in [0.1, 0.15) is 0 Å². The van der Waals surface area contributed by atoms with E-state index in [0.717, 1.165) is 0 Å². The van der Waals surface area contributed by atoms with Crippen molar-refractivity contribution < 1.29 is 30.7 Å². The van der Waals surface area contributed by atoms with Crippen LogP contribution >= 0.6 is 0 Å². The summed E-state index contributed by atoms with van der Waals surface area (Å²) in [7, 11) is -2.00. The van der Waals surface area contributed by atoms with Crippen LogP contribution in [0.2, 0.25) is 0 Å². The molecule has 0 fully saturated rings. The maximum atomic E-state index is 10.7. The first kappa shape index (κ1) is 19.9. The van der Waals surface area contributed by atoms with Crippen molar-refractivity contribution in [3.8, 4) is 5.69 Å². The molecule has 0 saturated heterocycles. The van der Waals surface area contributed by atoms with Crippen LogP contribution in [-0.2, 0) is 10.1 Å². The van der Waals surface area contributed by atoms with Gasteiger partial charge in [-0.05, 0) is 6.92 Å². The third kappa shape index (κ3) is 5.82. The Labute approximate surface area is 138 Å². The van der Waals surface area contributed by atoms with Crippen molar-refractivity contribution in [2.24, 2.45) is 0 Å². The minimum absolute atomic E-state index is 1.19. The molecule has 24 heavy (non-hydrogen) atoms. The number of anilines is 1. The molecule has 0 aliphatic carbocycles. The van der Waals surface area contributed by atoms with Crippen LogP contribution < -0.4 is 9.47 Å². The van der Waals surface area contributed by atoms with Gasteiger partial charge in [0.15, 0.2) is 22.5 Å². The molecule has 0 amide bonds. The molecule has 5 nitrogen and oxygen atoms in total. The minimum Gasteiger partial charge on any atom is -0.741 e. The molecule has 0 N–H and O–H groups in total. The summed E-state index contributed by atoms with van der Waals surface area (Å²) < 4.78 is 61.0. The molecule has 0 saturated carbocycles. The topological polar surface area (TPSA) is 64.3 Å². The first-order chi connectivity index (χ1) is 10.9. The minimum atomic E-state index is -6.09. The van der Waals surface area contributed by atoms with Crippen LogP contribution in [0.3, 0.4) is 0 Å². The van der Waals surface area contributed by atoms with Crippen LogP contribution in [0.4, 0.5) is 18.9 Å². The van der Waals surface area contributed by atoms with Crippen molar-refractivity contribution in [3.63, 3.8) is 0 Å². The lowest BCUT2D eigenvalue weighted by Gasteiger charge is -2.10. The number of pyridine rings is 1. The first-order valence-corrected chi connectivity index (χ1v) is 8.10. The molecule has 2 aromatic rings. The van der Waals surface area contributed by atoms with Gasteiger partial charge in [0.25, 0.3) is 0 Å². The zero-order valence-electron chi connectivity index (χ0n) is 13.3. The van der Waals surface area contributed by atoms with Crippen LogP contribution in [0.15, 0.2) is 48.8 Å². The molecule has 0 bridgehead atoms. The van der Waals surface area contributed by atoms with Crippen LogP contribution in [0, 0.1) is 6.92 Å². The molecular weight excluding hydrogens is 345 g/mol. The molecule has 0 spiro atoms. The molecule has 0 radical (unpaired) electrons.